The fourth-order valence-electron chi connectivity index (χ4n) is 3.46. The molecule has 0 radical (unpaired) electrons. The van der Waals surface area contributed by atoms with Crippen LogP contribution in [-0.4, -0.2) is 15.5 Å². The highest BCUT2D eigenvalue weighted by Crippen LogP contribution is 2.17. The molecule has 2 heterocycles. The lowest BCUT2D eigenvalue weighted by atomic mass is 10.1. The molecular formula is C21H21N3O2. The van der Waals surface area contributed by atoms with Crippen LogP contribution in [0.25, 0.3) is 10.9 Å². The Hall–Kier alpha value is -2.95. The summed E-state index contributed by atoms with van der Waals surface area (Å²) in [6.45, 7) is 0.730. The summed E-state index contributed by atoms with van der Waals surface area (Å²) in [5, 5.41) is 3.44. The molecular weight excluding hydrogens is 326 g/mol. The maximum absolute atomic E-state index is 12.8. The van der Waals surface area contributed by atoms with Crippen molar-refractivity contribution in [3.8, 4) is 0 Å². The van der Waals surface area contributed by atoms with Gasteiger partial charge < -0.3 is 5.32 Å². The molecule has 2 aromatic carbocycles. The second kappa shape index (κ2) is 7.12. The van der Waals surface area contributed by atoms with E-state index in [2.05, 4.69) is 5.32 Å². The number of aromatic nitrogens is 2. The molecule has 0 saturated heterocycles. The minimum atomic E-state index is -0.202. The van der Waals surface area contributed by atoms with Crippen molar-refractivity contribution in [3.05, 3.63) is 70.3 Å². The molecule has 1 N–H and O–H groups in total. The van der Waals surface area contributed by atoms with E-state index in [0.717, 1.165) is 43.7 Å². The first-order valence-electron chi connectivity index (χ1n) is 9.12. The Morgan fingerprint density at radius 1 is 1.00 bits per heavy atom. The molecule has 5 nitrogen and oxygen atoms in total. The van der Waals surface area contributed by atoms with Crippen molar-refractivity contribution in [1.82, 2.24) is 9.55 Å². The summed E-state index contributed by atoms with van der Waals surface area (Å²) in [7, 11) is 0. The lowest BCUT2D eigenvalue weighted by molar-refractivity contribution is 0.102. The first-order chi connectivity index (χ1) is 12.7. The zero-order valence-electron chi connectivity index (χ0n) is 14.6. The van der Waals surface area contributed by atoms with Gasteiger partial charge in [0.25, 0.3) is 11.5 Å². The van der Waals surface area contributed by atoms with Crippen molar-refractivity contribution in [2.45, 2.75) is 38.6 Å². The molecule has 0 fully saturated rings. The van der Waals surface area contributed by atoms with Crippen LogP contribution in [0.2, 0.25) is 0 Å². The minimum Gasteiger partial charge on any atom is -0.322 e. The highest BCUT2D eigenvalue weighted by atomic mass is 16.1. The Labute approximate surface area is 151 Å². The van der Waals surface area contributed by atoms with Crippen LogP contribution >= 0.6 is 0 Å². The van der Waals surface area contributed by atoms with Crippen molar-refractivity contribution < 1.29 is 4.79 Å². The number of rotatable bonds is 2. The van der Waals surface area contributed by atoms with E-state index in [1.165, 1.54) is 6.42 Å². The molecule has 0 spiro atoms. The predicted octanol–water partition coefficient (Wildman–Crippen LogP) is 3.77. The van der Waals surface area contributed by atoms with Gasteiger partial charge in [-0.15, -0.1) is 0 Å². The minimum absolute atomic E-state index is 0.00178. The largest absolute Gasteiger partial charge is 0.322 e. The number of carbonyl (C=O) groups excluding carboxylic acids is 1. The number of nitrogens with one attached hydrogen (secondary N) is 1. The molecule has 0 saturated carbocycles. The summed E-state index contributed by atoms with van der Waals surface area (Å²) in [5.74, 6) is 0.634. The molecule has 1 amide bonds. The van der Waals surface area contributed by atoms with Crippen LogP contribution in [0, 0.1) is 0 Å². The fourth-order valence-corrected chi connectivity index (χ4v) is 3.46. The number of para-hydroxylation sites is 1. The van der Waals surface area contributed by atoms with Crippen LogP contribution in [-0.2, 0) is 13.0 Å². The van der Waals surface area contributed by atoms with Crippen molar-refractivity contribution in [3.63, 3.8) is 0 Å². The predicted molar refractivity (Wildman–Crippen MR) is 103 cm³/mol. The van der Waals surface area contributed by atoms with Gasteiger partial charge in [0.2, 0.25) is 0 Å². The molecule has 1 aromatic heterocycles. The number of hydrogen-bond acceptors (Lipinski definition) is 3. The second-order valence-corrected chi connectivity index (χ2v) is 6.70. The molecule has 0 atom stereocenters. The van der Waals surface area contributed by atoms with Gasteiger partial charge in [-0.1, -0.05) is 31.0 Å². The van der Waals surface area contributed by atoms with Gasteiger partial charge in [-0.3, -0.25) is 14.2 Å². The first kappa shape index (κ1) is 16.5. The van der Waals surface area contributed by atoms with Crippen LogP contribution in [0.15, 0.2) is 53.3 Å². The van der Waals surface area contributed by atoms with Gasteiger partial charge in [0, 0.05) is 24.2 Å². The van der Waals surface area contributed by atoms with E-state index < -0.39 is 0 Å². The number of carbonyl (C=O) groups is 1. The highest BCUT2D eigenvalue weighted by molar-refractivity contribution is 6.06. The van der Waals surface area contributed by atoms with E-state index in [0.29, 0.717) is 16.5 Å². The van der Waals surface area contributed by atoms with Crippen LogP contribution in [0.4, 0.5) is 5.69 Å². The van der Waals surface area contributed by atoms with E-state index in [1.54, 1.807) is 18.2 Å². The molecule has 5 heteroatoms. The number of benzene rings is 2. The topological polar surface area (TPSA) is 64.0 Å². The van der Waals surface area contributed by atoms with Crippen molar-refractivity contribution in [2.75, 3.05) is 5.32 Å². The second-order valence-electron chi connectivity index (χ2n) is 6.70. The van der Waals surface area contributed by atoms with E-state index >= 15 is 0 Å². The zero-order chi connectivity index (χ0) is 17.9. The Morgan fingerprint density at radius 2 is 1.81 bits per heavy atom. The fraction of sp³-hybridized carbons (Fsp3) is 0.286. The van der Waals surface area contributed by atoms with E-state index in [-0.39, 0.29) is 11.5 Å². The van der Waals surface area contributed by atoms with Crippen molar-refractivity contribution in [2.24, 2.45) is 0 Å². The Kier molecular flexibility index (Phi) is 4.52. The summed E-state index contributed by atoms with van der Waals surface area (Å²) < 4.78 is 1.81. The maximum atomic E-state index is 12.8. The van der Waals surface area contributed by atoms with Gasteiger partial charge >= 0.3 is 0 Å². The summed E-state index contributed by atoms with van der Waals surface area (Å²) >= 11 is 0. The average molecular weight is 347 g/mol. The van der Waals surface area contributed by atoms with Gasteiger partial charge in [-0.05, 0) is 43.2 Å². The van der Waals surface area contributed by atoms with Crippen LogP contribution < -0.4 is 10.9 Å². The number of amides is 1. The molecule has 0 unspecified atom stereocenters. The average Bonchev–Trinajstić information content (AvgIpc) is 2.64. The Morgan fingerprint density at radius 3 is 2.65 bits per heavy atom. The summed E-state index contributed by atoms with van der Waals surface area (Å²) in [6.07, 6.45) is 5.20. The smallest absolute Gasteiger partial charge is 0.261 e. The summed E-state index contributed by atoms with van der Waals surface area (Å²) in [5.41, 5.74) is 1.84. The van der Waals surface area contributed by atoms with Gasteiger partial charge in [-0.25, -0.2) is 4.98 Å². The Bertz CT molecular complexity index is 1010. The van der Waals surface area contributed by atoms with Crippen LogP contribution in [0.3, 0.4) is 0 Å². The standard InChI is InChI=1S/C21H21N3O2/c25-20(22-16-8-4-3-5-9-16)15-11-12-17-18(14-15)23-19-10-6-1-2-7-13-24(19)21(17)26/h3-5,8-9,11-12,14H,1-2,6-7,10,13H2,(H,22,25). The number of anilines is 1. The molecule has 1 aliphatic heterocycles. The maximum Gasteiger partial charge on any atom is 0.261 e. The number of hydrogen-bond donors (Lipinski definition) is 1. The van der Waals surface area contributed by atoms with Gasteiger partial charge in [0.05, 0.1) is 10.9 Å². The summed E-state index contributed by atoms with van der Waals surface area (Å²) in [6, 6.07) is 14.5. The monoisotopic (exact) mass is 347 g/mol. The third kappa shape index (κ3) is 3.25. The molecule has 0 aliphatic carbocycles. The number of fused-ring (bicyclic) bond motifs is 2. The Balaban J connectivity index is 1.71. The van der Waals surface area contributed by atoms with Gasteiger partial charge in [0.15, 0.2) is 0 Å². The van der Waals surface area contributed by atoms with E-state index in [1.807, 2.05) is 34.9 Å². The van der Waals surface area contributed by atoms with Gasteiger partial charge in [-0.2, -0.15) is 0 Å². The normalized spacial score (nSPS) is 14.3. The molecule has 4 rings (SSSR count). The SMILES string of the molecule is O=C(Nc1ccccc1)c1ccc2c(=O)n3c(nc2c1)CCCCCC3. The number of aryl methyl sites for hydroxylation is 1. The quantitative estimate of drug-likeness (QED) is 0.767. The molecule has 0 bridgehead atoms. The van der Waals surface area contributed by atoms with E-state index in [4.69, 9.17) is 4.98 Å². The third-order valence-electron chi connectivity index (χ3n) is 4.86. The lowest BCUT2D eigenvalue weighted by Crippen LogP contribution is -2.26. The first-order valence-corrected chi connectivity index (χ1v) is 9.12. The van der Waals surface area contributed by atoms with Crippen LogP contribution in [0.5, 0.6) is 0 Å². The molecule has 132 valence electrons. The van der Waals surface area contributed by atoms with Gasteiger partial charge in [0.1, 0.15) is 5.82 Å². The van der Waals surface area contributed by atoms with E-state index in [9.17, 15) is 9.59 Å². The summed E-state index contributed by atoms with van der Waals surface area (Å²) in [4.78, 5) is 30.1. The molecule has 1 aliphatic rings. The molecule has 26 heavy (non-hydrogen) atoms. The number of nitrogens with zero attached hydrogens (tertiary/aromatic N) is 2. The van der Waals surface area contributed by atoms with Crippen LogP contribution in [0.1, 0.15) is 41.9 Å². The zero-order valence-corrected chi connectivity index (χ0v) is 14.6. The van der Waals surface area contributed by atoms with Crippen molar-refractivity contribution >= 4 is 22.5 Å². The highest BCUT2D eigenvalue weighted by Gasteiger charge is 2.15. The third-order valence-corrected chi connectivity index (χ3v) is 4.86. The lowest BCUT2D eigenvalue weighted by Gasteiger charge is -2.16. The van der Waals surface area contributed by atoms with Crippen molar-refractivity contribution in [1.29, 1.82) is 0 Å². The molecule has 3 aromatic rings.